The number of primary amides is 1. The number of nitrogens with two attached hydrogens (primary N) is 1. The highest BCUT2D eigenvalue weighted by Gasteiger charge is 1.93. The van der Waals surface area contributed by atoms with Crippen molar-refractivity contribution in [1.29, 1.82) is 0 Å². The Morgan fingerprint density at radius 3 is 2.78 bits per heavy atom. The van der Waals surface area contributed by atoms with Crippen LogP contribution in [-0.4, -0.2) is 5.91 Å². The average molecular weight is 145 g/mol. The summed E-state index contributed by atoms with van der Waals surface area (Å²) in [6.45, 7) is 5.12. The van der Waals surface area contributed by atoms with Gasteiger partial charge >= 0.3 is 0 Å². The molecule has 1 amide bonds. The molecule has 0 aliphatic heterocycles. The van der Waals surface area contributed by atoms with Crippen molar-refractivity contribution in [3.8, 4) is 0 Å². The van der Waals surface area contributed by atoms with E-state index < -0.39 is 0 Å². The smallest absolute Gasteiger partial charge is 0.244 e. The van der Waals surface area contributed by atoms with Crippen LogP contribution in [0.15, 0.2) is 23.0 Å². The first-order valence-corrected chi connectivity index (χ1v) is 3.35. The van der Waals surface area contributed by atoms with E-state index in [0.717, 1.165) is 0 Å². The van der Waals surface area contributed by atoms with Gasteiger partial charge in [0.05, 0.1) is 0 Å². The number of amides is 1. The maximum absolute atomic E-state index is 10.3. The van der Waals surface area contributed by atoms with Crippen LogP contribution >= 0.6 is 11.8 Å². The van der Waals surface area contributed by atoms with Crippen LogP contribution in [0.1, 0.15) is 8.35 Å². The SMILES string of the molecule is C=CS/C=C(\C)C(N)=O.[HH]. The predicted molar refractivity (Wildman–Crippen MR) is 42.9 cm³/mol. The Labute approximate surface area is 60.3 Å². The molecule has 0 aromatic carbocycles. The van der Waals surface area contributed by atoms with Crippen LogP contribution in [0.3, 0.4) is 0 Å². The summed E-state index contributed by atoms with van der Waals surface area (Å²) < 4.78 is 0. The quantitative estimate of drug-likeness (QED) is 0.611. The van der Waals surface area contributed by atoms with Gasteiger partial charge in [-0.2, -0.15) is 0 Å². The van der Waals surface area contributed by atoms with Gasteiger partial charge in [0.1, 0.15) is 0 Å². The van der Waals surface area contributed by atoms with E-state index in [9.17, 15) is 4.79 Å². The second kappa shape index (κ2) is 4.21. The van der Waals surface area contributed by atoms with E-state index in [1.165, 1.54) is 11.8 Å². The minimum atomic E-state index is -0.385. The molecule has 0 atom stereocenters. The van der Waals surface area contributed by atoms with Gasteiger partial charge in [-0.05, 0) is 17.7 Å². The molecule has 0 saturated carbocycles. The number of rotatable bonds is 3. The summed E-state index contributed by atoms with van der Waals surface area (Å²) >= 11 is 1.35. The van der Waals surface area contributed by atoms with Gasteiger partial charge in [-0.3, -0.25) is 4.79 Å². The lowest BCUT2D eigenvalue weighted by Crippen LogP contribution is -2.10. The Morgan fingerprint density at radius 2 is 2.44 bits per heavy atom. The highest BCUT2D eigenvalue weighted by Crippen LogP contribution is 2.05. The largest absolute Gasteiger partial charge is 0.366 e. The molecule has 0 aromatic rings. The molecule has 0 unspecified atom stereocenters. The minimum absolute atomic E-state index is 0. The maximum atomic E-state index is 10.3. The van der Waals surface area contributed by atoms with Gasteiger partial charge in [0, 0.05) is 7.00 Å². The fourth-order valence-corrected chi connectivity index (χ4v) is 0.625. The van der Waals surface area contributed by atoms with Crippen molar-refractivity contribution in [3.63, 3.8) is 0 Å². The molecule has 0 aliphatic carbocycles. The Balaban J connectivity index is 0. The van der Waals surface area contributed by atoms with E-state index in [1.807, 2.05) is 0 Å². The van der Waals surface area contributed by atoms with Crippen molar-refractivity contribution in [2.45, 2.75) is 6.92 Å². The van der Waals surface area contributed by atoms with E-state index in [0.29, 0.717) is 5.57 Å². The number of thioether (sulfide) groups is 1. The fourth-order valence-electron chi connectivity index (χ4n) is 0.208. The average Bonchev–Trinajstić information content (AvgIpc) is 1.82. The highest BCUT2D eigenvalue weighted by atomic mass is 32.2. The standard InChI is InChI=1S/C6H9NOS.H2/c1-3-9-4-5(2)6(7)8;/h3-4H,1H2,2H3,(H2,7,8);1H/b5-4+;. The van der Waals surface area contributed by atoms with Gasteiger partial charge < -0.3 is 5.73 Å². The molecule has 0 saturated heterocycles. The van der Waals surface area contributed by atoms with E-state index in [-0.39, 0.29) is 7.33 Å². The van der Waals surface area contributed by atoms with Gasteiger partial charge in [0.25, 0.3) is 0 Å². The Hall–Kier alpha value is -0.700. The number of hydrogen-bond acceptors (Lipinski definition) is 2. The predicted octanol–water partition coefficient (Wildman–Crippen LogP) is 1.50. The highest BCUT2D eigenvalue weighted by molar-refractivity contribution is 8.04. The monoisotopic (exact) mass is 145 g/mol. The molecule has 0 aliphatic rings. The van der Waals surface area contributed by atoms with Crippen molar-refractivity contribution in [1.82, 2.24) is 0 Å². The summed E-state index contributed by atoms with van der Waals surface area (Å²) in [5.74, 6) is -0.385. The van der Waals surface area contributed by atoms with Gasteiger partial charge in [-0.1, -0.05) is 6.58 Å². The van der Waals surface area contributed by atoms with Gasteiger partial charge in [0.15, 0.2) is 0 Å². The van der Waals surface area contributed by atoms with Crippen LogP contribution in [-0.2, 0) is 4.79 Å². The summed E-state index contributed by atoms with van der Waals surface area (Å²) in [5, 5.41) is 3.29. The number of hydrogen-bond donors (Lipinski definition) is 1. The summed E-state index contributed by atoms with van der Waals surface area (Å²) in [6, 6.07) is 0. The molecule has 0 aromatic heterocycles. The van der Waals surface area contributed by atoms with E-state index in [2.05, 4.69) is 6.58 Å². The summed E-state index contributed by atoms with van der Waals surface area (Å²) in [7, 11) is 0. The molecule has 0 bridgehead atoms. The lowest BCUT2D eigenvalue weighted by Gasteiger charge is -1.88. The minimum Gasteiger partial charge on any atom is -0.366 e. The Bertz CT molecular complexity index is 156. The van der Waals surface area contributed by atoms with Crippen molar-refractivity contribution >= 4 is 17.7 Å². The zero-order chi connectivity index (χ0) is 7.28. The molecular formula is C6H11NOS. The van der Waals surface area contributed by atoms with Crippen molar-refractivity contribution in [2.75, 3.05) is 0 Å². The first-order valence-electron chi connectivity index (χ1n) is 2.41. The van der Waals surface area contributed by atoms with Gasteiger partial charge in [0.2, 0.25) is 5.91 Å². The lowest BCUT2D eigenvalue weighted by atomic mass is 10.3. The Morgan fingerprint density at radius 1 is 1.89 bits per heavy atom. The van der Waals surface area contributed by atoms with E-state index >= 15 is 0 Å². The molecule has 3 heteroatoms. The summed E-state index contributed by atoms with van der Waals surface area (Å²) in [6.07, 6.45) is 0. The van der Waals surface area contributed by atoms with Crippen LogP contribution in [0.5, 0.6) is 0 Å². The molecule has 2 nitrogen and oxygen atoms in total. The summed E-state index contributed by atoms with van der Waals surface area (Å²) in [4.78, 5) is 10.3. The van der Waals surface area contributed by atoms with E-state index in [4.69, 9.17) is 5.73 Å². The van der Waals surface area contributed by atoms with Crippen LogP contribution < -0.4 is 5.73 Å². The third-order valence-corrected chi connectivity index (χ3v) is 1.41. The zero-order valence-electron chi connectivity index (χ0n) is 5.26. The van der Waals surface area contributed by atoms with E-state index in [1.54, 1.807) is 17.7 Å². The molecule has 0 radical (unpaired) electrons. The third-order valence-electron chi connectivity index (χ3n) is 0.730. The second-order valence-electron chi connectivity index (χ2n) is 1.47. The van der Waals surface area contributed by atoms with Gasteiger partial charge in [-0.15, -0.1) is 11.8 Å². The second-order valence-corrected chi connectivity index (χ2v) is 2.31. The topological polar surface area (TPSA) is 43.1 Å². The lowest BCUT2D eigenvalue weighted by molar-refractivity contribution is -0.114. The van der Waals surface area contributed by atoms with Gasteiger partial charge in [-0.25, -0.2) is 0 Å². The van der Waals surface area contributed by atoms with Crippen LogP contribution in [0, 0.1) is 0 Å². The molecule has 9 heavy (non-hydrogen) atoms. The first-order chi connectivity index (χ1) is 4.18. The first kappa shape index (κ1) is 8.30. The Kier molecular flexibility index (Phi) is 3.88. The summed E-state index contributed by atoms with van der Waals surface area (Å²) in [5.41, 5.74) is 5.48. The molecule has 0 fully saturated rings. The number of carbonyl (C=O) groups excluding carboxylic acids is 1. The molecule has 0 rings (SSSR count). The van der Waals surface area contributed by atoms with Crippen molar-refractivity contribution in [3.05, 3.63) is 23.0 Å². The molecule has 2 N–H and O–H groups in total. The molecule has 52 valence electrons. The molecular weight excluding hydrogens is 134 g/mol. The van der Waals surface area contributed by atoms with Crippen molar-refractivity contribution < 1.29 is 6.22 Å². The van der Waals surface area contributed by atoms with Crippen LogP contribution in [0.2, 0.25) is 0 Å². The third kappa shape index (κ3) is 3.85. The maximum Gasteiger partial charge on any atom is 0.244 e. The number of carbonyl (C=O) groups is 1. The molecule has 0 spiro atoms. The van der Waals surface area contributed by atoms with Crippen molar-refractivity contribution in [2.24, 2.45) is 5.73 Å². The van der Waals surface area contributed by atoms with Crippen LogP contribution in [0.25, 0.3) is 0 Å². The molecule has 0 heterocycles. The normalized spacial score (nSPS) is 11.0. The fraction of sp³-hybridized carbons (Fsp3) is 0.167. The van der Waals surface area contributed by atoms with Crippen LogP contribution in [0.4, 0.5) is 0 Å². The zero-order valence-corrected chi connectivity index (χ0v) is 6.07.